The predicted molar refractivity (Wildman–Crippen MR) is 78.4 cm³/mol. The minimum atomic E-state index is -0.243. The minimum absolute atomic E-state index is 0.0751. The fourth-order valence-corrected chi connectivity index (χ4v) is 2.18. The third-order valence-corrected chi connectivity index (χ3v) is 3.38. The van der Waals surface area contributed by atoms with Gasteiger partial charge in [-0.3, -0.25) is 0 Å². The molecule has 0 spiro atoms. The SMILES string of the molecule is CCOC(=O)/C(C)=C/CCC(C)(C)OC1CCCCO1. The highest BCUT2D eigenvalue weighted by Crippen LogP contribution is 2.24. The smallest absolute Gasteiger partial charge is 0.333 e. The molecule has 1 fully saturated rings. The third-order valence-electron chi connectivity index (χ3n) is 3.38. The quantitative estimate of drug-likeness (QED) is 0.529. The Morgan fingerprint density at radius 3 is 2.75 bits per heavy atom. The van der Waals surface area contributed by atoms with E-state index in [1.54, 1.807) is 6.92 Å². The van der Waals surface area contributed by atoms with E-state index in [4.69, 9.17) is 14.2 Å². The zero-order chi connectivity index (χ0) is 15.0. The molecule has 0 N–H and O–H groups in total. The van der Waals surface area contributed by atoms with Crippen molar-refractivity contribution in [2.24, 2.45) is 0 Å². The zero-order valence-corrected chi connectivity index (χ0v) is 13.2. The van der Waals surface area contributed by atoms with E-state index < -0.39 is 0 Å². The monoisotopic (exact) mass is 284 g/mol. The van der Waals surface area contributed by atoms with Crippen molar-refractivity contribution in [2.45, 2.75) is 71.7 Å². The molecule has 1 aliphatic heterocycles. The maximum absolute atomic E-state index is 11.5. The lowest BCUT2D eigenvalue weighted by atomic mass is 10.0. The number of carbonyl (C=O) groups is 1. The van der Waals surface area contributed by atoms with Crippen molar-refractivity contribution < 1.29 is 19.0 Å². The molecule has 4 heteroatoms. The summed E-state index contributed by atoms with van der Waals surface area (Å²) in [6, 6.07) is 0. The molecule has 20 heavy (non-hydrogen) atoms. The maximum atomic E-state index is 11.5. The second-order valence-corrected chi connectivity index (χ2v) is 5.82. The molecule has 0 aromatic carbocycles. The van der Waals surface area contributed by atoms with Crippen LogP contribution < -0.4 is 0 Å². The Morgan fingerprint density at radius 2 is 2.15 bits per heavy atom. The van der Waals surface area contributed by atoms with E-state index in [0.29, 0.717) is 12.2 Å². The van der Waals surface area contributed by atoms with E-state index in [9.17, 15) is 4.79 Å². The number of carbonyl (C=O) groups excluding carboxylic acids is 1. The van der Waals surface area contributed by atoms with Crippen molar-refractivity contribution >= 4 is 5.97 Å². The van der Waals surface area contributed by atoms with Gasteiger partial charge in [-0.1, -0.05) is 6.08 Å². The van der Waals surface area contributed by atoms with Gasteiger partial charge in [0.05, 0.1) is 12.2 Å². The molecule has 1 heterocycles. The summed E-state index contributed by atoms with van der Waals surface area (Å²) in [5.41, 5.74) is 0.421. The molecular weight excluding hydrogens is 256 g/mol. The van der Waals surface area contributed by atoms with Gasteiger partial charge in [-0.25, -0.2) is 4.79 Å². The molecule has 0 saturated carbocycles. The third kappa shape index (κ3) is 6.53. The Hall–Kier alpha value is -0.870. The molecule has 0 radical (unpaired) electrons. The Kier molecular flexibility index (Phi) is 7.24. The molecule has 1 unspecified atom stereocenters. The molecule has 116 valence electrons. The molecule has 4 nitrogen and oxygen atoms in total. The van der Waals surface area contributed by atoms with Gasteiger partial charge in [0.15, 0.2) is 6.29 Å². The van der Waals surface area contributed by atoms with Gasteiger partial charge in [0.2, 0.25) is 0 Å². The number of esters is 1. The largest absolute Gasteiger partial charge is 0.463 e. The van der Waals surface area contributed by atoms with Crippen LogP contribution in [-0.4, -0.2) is 31.1 Å². The first-order chi connectivity index (χ1) is 9.44. The first-order valence-corrected chi connectivity index (χ1v) is 7.58. The van der Waals surface area contributed by atoms with Gasteiger partial charge >= 0.3 is 5.97 Å². The average molecular weight is 284 g/mol. The van der Waals surface area contributed by atoms with Crippen molar-refractivity contribution in [3.05, 3.63) is 11.6 Å². The first-order valence-electron chi connectivity index (χ1n) is 7.58. The summed E-state index contributed by atoms with van der Waals surface area (Å²) in [6.45, 7) is 8.94. The highest BCUT2D eigenvalue weighted by atomic mass is 16.7. The normalized spacial score (nSPS) is 20.8. The van der Waals surface area contributed by atoms with Crippen LogP contribution in [0.4, 0.5) is 0 Å². The van der Waals surface area contributed by atoms with Crippen molar-refractivity contribution in [3.8, 4) is 0 Å². The van der Waals surface area contributed by atoms with Crippen LogP contribution in [0.15, 0.2) is 11.6 Å². The lowest BCUT2D eigenvalue weighted by molar-refractivity contribution is -0.216. The first kappa shape index (κ1) is 17.2. The van der Waals surface area contributed by atoms with Gasteiger partial charge in [-0.05, 0) is 59.8 Å². The highest BCUT2D eigenvalue weighted by Gasteiger charge is 2.25. The molecule has 1 aliphatic rings. The summed E-state index contributed by atoms with van der Waals surface area (Å²) in [4.78, 5) is 11.5. The van der Waals surface area contributed by atoms with E-state index in [1.165, 1.54) is 6.42 Å². The fourth-order valence-electron chi connectivity index (χ4n) is 2.18. The average Bonchev–Trinajstić information content (AvgIpc) is 2.39. The van der Waals surface area contributed by atoms with Gasteiger partial charge in [-0.2, -0.15) is 0 Å². The summed E-state index contributed by atoms with van der Waals surface area (Å²) < 4.78 is 16.5. The Morgan fingerprint density at radius 1 is 1.40 bits per heavy atom. The number of rotatable bonds is 7. The van der Waals surface area contributed by atoms with Crippen LogP contribution in [-0.2, 0) is 19.0 Å². The Bertz CT molecular complexity index is 327. The van der Waals surface area contributed by atoms with Crippen molar-refractivity contribution in [1.82, 2.24) is 0 Å². The van der Waals surface area contributed by atoms with Crippen LogP contribution in [0.3, 0.4) is 0 Å². The van der Waals surface area contributed by atoms with E-state index >= 15 is 0 Å². The summed E-state index contributed by atoms with van der Waals surface area (Å²) >= 11 is 0. The molecule has 0 aromatic rings. The van der Waals surface area contributed by atoms with Gasteiger partial charge < -0.3 is 14.2 Å². The molecule has 0 amide bonds. The lowest BCUT2D eigenvalue weighted by Gasteiger charge is -2.32. The standard InChI is InChI=1S/C16H28O4/c1-5-18-15(17)13(2)9-8-11-16(3,4)20-14-10-6-7-12-19-14/h9,14H,5-8,10-12H2,1-4H3/b13-9+. The summed E-state index contributed by atoms with van der Waals surface area (Å²) in [7, 11) is 0. The van der Waals surface area contributed by atoms with Crippen LogP contribution in [0.2, 0.25) is 0 Å². The van der Waals surface area contributed by atoms with Crippen molar-refractivity contribution in [1.29, 1.82) is 0 Å². The number of hydrogen-bond donors (Lipinski definition) is 0. The summed E-state index contributed by atoms with van der Waals surface area (Å²) in [5, 5.41) is 0. The zero-order valence-electron chi connectivity index (χ0n) is 13.2. The maximum Gasteiger partial charge on any atom is 0.333 e. The molecule has 0 bridgehead atoms. The molecule has 0 aliphatic carbocycles. The van der Waals surface area contributed by atoms with Gasteiger partial charge in [0.25, 0.3) is 0 Å². The second-order valence-electron chi connectivity index (χ2n) is 5.82. The van der Waals surface area contributed by atoms with E-state index in [0.717, 1.165) is 32.3 Å². The van der Waals surface area contributed by atoms with Crippen LogP contribution in [0.1, 0.15) is 59.8 Å². The topological polar surface area (TPSA) is 44.8 Å². The Labute approximate surface area is 122 Å². The Balaban J connectivity index is 2.34. The predicted octanol–water partition coefficient (Wildman–Crippen LogP) is 3.60. The van der Waals surface area contributed by atoms with Crippen LogP contribution in [0, 0.1) is 0 Å². The number of hydrogen-bond acceptors (Lipinski definition) is 4. The van der Waals surface area contributed by atoms with Crippen LogP contribution >= 0.6 is 0 Å². The fraction of sp³-hybridized carbons (Fsp3) is 0.812. The molecular formula is C16H28O4. The molecule has 1 saturated heterocycles. The van der Waals surface area contributed by atoms with Crippen molar-refractivity contribution in [2.75, 3.05) is 13.2 Å². The molecule has 0 aromatic heterocycles. The second kappa shape index (κ2) is 8.42. The number of ether oxygens (including phenoxy) is 3. The van der Waals surface area contributed by atoms with Crippen LogP contribution in [0.25, 0.3) is 0 Å². The summed E-state index contributed by atoms with van der Waals surface area (Å²) in [6.07, 6.45) is 6.76. The van der Waals surface area contributed by atoms with Crippen LogP contribution in [0.5, 0.6) is 0 Å². The minimum Gasteiger partial charge on any atom is -0.463 e. The van der Waals surface area contributed by atoms with Gasteiger partial charge in [0.1, 0.15) is 0 Å². The van der Waals surface area contributed by atoms with E-state index in [-0.39, 0.29) is 17.9 Å². The van der Waals surface area contributed by atoms with E-state index in [2.05, 4.69) is 13.8 Å². The number of allylic oxidation sites excluding steroid dienone is 1. The lowest BCUT2D eigenvalue weighted by Crippen LogP contribution is -2.34. The highest BCUT2D eigenvalue weighted by molar-refractivity contribution is 5.87. The molecule has 1 rings (SSSR count). The van der Waals surface area contributed by atoms with Gasteiger partial charge in [0, 0.05) is 12.2 Å². The van der Waals surface area contributed by atoms with E-state index in [1.807, 2.05) is 13.0 Å². The molecule has 1 atom stereocenters. The van der Waals surface area contributed by atoms with Gasteiger partial charge in [-0.15, -0.1) is 0 Å². The van der Waals surface area contributed by atoms with Crippen molar-refractivity contribution in [3.63, 3.8) is 0 Å². The summed E-state index contributed by atoms with van der Waals surface area (Å²) in [5.74, 6) is -0.234.